The van der Waals surface area contributed by atoms with E-state index in [2.05, 4.69) is 89.9 Å². The lowest BCUT2D eigenvalue weighted by atomic mass is 9.68. The zero-order valence-electron chi connectivity index (χ0n) is 16.2. The summed E-state index contributed by atoms with van der Waals surface area (Å²) < 4.78 is 0. The smallest absolute Gasteiger partial charge is 0.0729 e. The summed E-state index contributed by atoms with van der Waals surface area (Å²) in [7, 11) is 0. The third kappa shape index (κ3) is 2.33. The second-order valence-corrected chi connectivity index (χ2v) is 8.23. The molecule has 0 radical (unpaired) electrons. The molecule has 1 atom stereocenters. The number of nitrogens with zero attached hydrogens (tertiary/aromatic N) is 1. The van der Waals surface area contributed by atoms with Crippen LogP contribution in [0.3, 0.4) is 0 Å². The third-order valence-corrected chi connectivity index (χ3v) is 6.50. The largest absolute Gasteiger partial charge is 0.264 e. The summed E-state index contributed by atoms with van der Waals surface area (Å²) >= 11 is 6.56. The molecule has 0 spiro atoms. The Kier molecular flexibility index (Phi) is 3.81. The summed E-state index contributed by atoms with van der Waals surface area (Å²) in [6.45, 7) is 0. The van der Waals surface area contributed by atoms with Gasteiger partial charge in [-0.3, -0.25) is 4.98 Å². The molecule has 1 unspecified atom stereocenters. The molecule has 4 aromatic carbocycles. The standard InChI is InChI=1S/C28H18ClN/c29-23-12-13-24-25-15-19-7-4-5-8-20(19)16-26(25)28(27(24)17-23,21-9-2-1-3-10-21)22-11-6-14-30-18-22/h1-18H. The number of pyridine rings is 1. The van der Waals surface area contributed by atoms with Gasteiger partial charge >= 0.3 is 0 Å². The second kappa shape index (κ2) is 6.55. The van der Waals surface area contributed by atoms with Crippen LogP contribution in [0, 0.1) is 0 Å². The van der Waals surface area contributed by atoms with E-state index in [1.54, 1.807) is 0 Å². The maximum atomic E-state index is 6.56. The van der Waals surface area contributed by atoms with Crippen molar-refractivity contribution >= 4 is 22.4 Å². The average Bonchev–Trinajstić information content (AvgIpc) is 3.08. The van der Waals surface area contributed by atoms with Gasteiger partial charge in [0.05, 0.1) is 5.41 Å². The fraction of sp³-hybridized carbons (Fsp3) is 0.0357. The lowest BCUT2D eigenvalue weighted by Crippen LogP contribution is -2.28. The highest BCUT2D eigenvalue weighted by atomic mass is 35.5. The Morgan fingerprint density at radius 2 is 1.30 bits per heavy atom. The van der Waals surface area contributed by atoms with Crippen LogP contribution in [0.2, 0.25) is 5.02 Å². The maximum absolute atomic E-state index is 6.56. The molecule has 0 bridgehead atoms. The molecule has 1 aromatic heterocycles. The second-order valence-electron chi connectivity index (χ2n) is 7.79. The molecule has 0 fully saturated rings. The summed E-state index contributed by atoms with van der Waals surface area (Å²) in [4.78, 5) is 4.50. The molecule has 1 heterocycles. The fourth-order valence-electron chi connectivity index (χ4n) is 5.04. The van der Waals surface area contributed by atoms with Crippen molar-refractivity contribution < 1.29 is 0 Å². The van der Waals surface area contributed by atoms with Crippen molar-refractivity contribution in [3.63, 3.8) is 0 Å². The predicted octanol–water partition coefficient (Wildman–Crippen LogP) is 7.25. The molecule has 142 valence electrons. The van der Waals surface area contributed by atoms with Crippen LogP contribution in [-0.4, -0.2) is 4.98 Å². The first-order valence-electron chi connectivity index (χ1n) is 10.1. The van der Waals surface area contributed by atoms with Gasteiger partial charge in [-0.25, -0.2) is 0 Å². The molecular formula is C28H18ClN. The molecule has 0 amide bonds. The van der Waals surface area contributed by atoms with E-state index in [0.717, 1.165) is 10.6 Å². The zero-order valence-corrected chi connectivity index (χ0v) is 17.0. The summed E-state index contributed by atoms with van der Waals surface area (Å²) in [5.41, 5.74) is 6.87. The van der Waals surface area contributed by atoms with Crippen molar-refractivity contribution in [2.75, 3.05) is 0 Å². The summed E-state index contributed by atoms with van der Waals surface area (Å²) in [5.74, 6) is 0. The molecule has 5 aromatic rings. The lowest BCUT2D eigenvalue weighted by Gasteiger charge is -2.33. The first-order chi connectivity index (χ1) is 14.8. The van der Waals surface area contributed by atoms with Gasteiger partial charge < -0.3 is 0 Å². The van der Waals surface area contributed by atoms with Crippen molar-refractivity contribution in [2.45, 2.75) is 5.41 Å². The van der Waals surface area contributed by atoms with Crippen LogP contribution >= 0.6 is 11.6 Å². The van der Waals surface area contributed by atoms with Crippen LogP contribution in [0.5, 0.6) is 0 Å². The molecule has 2 heteroatoms. The van der Waals surface area contributed by atoms with Crippen molar-refractivity contribution in [3.05, 3.63) is 137 Å². The minimum absolute atomic E-state index is 0.463. The first-order valence-corrected chi connectivity index (χ1v) is 10.5. The highest BCUT2D eigenvalue weighted by Crippen LogP contribution is 2.57. The Balaban J connectivity index is 1.84. The lowest BCUT2D eigenvalue weighted by molar-refractivity contribution is 0.764. The fourth-order valence-corrected chi connectivity index (χ4v) is 5.21. The molecule has 1 nitrogen and oxygen atoms in total. The van der Waals surface area contributed by atoms with E-state index in [0.29, 0.717) is 0 Å². The Labute approximate surface area is 180 Å². The van der Waals surface area contributed by atoms with E-state index >= 15 is 0 Å². The third-order valence-electron chi connectivity index (χ3n) is 6.27. The van der Waals surface area contributed by atoms with Crippen molar-refractivity contribution in [3.8, 4) is 11.1 Å². The summed E-state index contributed by atoms with van der Waals surface area (Å²) in [5, 5.41) is 3.22. The van der Waals surface area contributed by atoms with Gasteiger partial charge in [-0.1, -0.05) is 78.3 Å². The maximum Gasteiger partial charge on any atom is 0.0729 e. The van der Waals surface area contributed by atoms with E-state index in [1.807, 2.05) is 24.5 Å². The number of aromatic nitrogens is 1. The monoisotopic (exact) mass is 403 g/mol. The minimum atomic E-state index is -0.463. The van der Waals surface area contributed by atoms with E-state index in [-0.39, 0.29) is 0 Å². The van der Waals surface area contributed by atoms with Crippen LogP contribution in [0.4, 0.5) is 0 Å². The first kappa shape index (κ1) is 17.4. The van der Waals surface area contributed by atoms with Crippen LogP contribution < -0.4 is 0 Å². The zero-order chi connectivity index (χ0) is 20.1. The highest BCUT2D eigenvalue weighted by molar-refractivity contribution is 6.30. The number of benzene rings is 4. The molecular weight excluding hydrogens is 386 g/mol. The van der Waals surface area contributed by atoms with Gasteiger partial charge in [0.25, 0.3) is 0 Å². The molecule has 6 rings (SSSR count). The van der Waals surface area contributed by atoms with Crippen LogP contribution in [0.25, 0.3) is 21.9 Å². The molecule has 1 aliphatic carbocycles. The molecule has 0 aliphatic heterocycles. The van der Waals surface area contributed by atoms with Crippen LogP contribution in [-0.2, 0) is 5.41 Å². The van der Waals surface area contributed by atoms with E-state index in [9.17, 15) is 0 Å². The highest BCUT2D eigenvalue weighted by Gasteiger charge is 2.46. The Hall–Kier alpha value is -3.42. The number of halogens is 1. The topological polar surface area (TPSA) is 12.9 Å². The minimum Gasteiger partial charge on any atom is -0.264 e. The van der Waals surface area contributed by atoms with Crippen LogP contribution in [0.15, 0.2) is 109 Å². The van der Waals surface area contributed by atoms with Crippen molar-refractivity contribution in [2.24, 2.45) is 0 Å². The summed E-state index contributed by atoms with van der Waals surface area (Å²) in [6, 6.07) is 34.4. The SMILES string of the molecule is Clc1ccc2c(c1)C(c1ccccc1)(c1cccnc1)c1cc3ccccc3cc1-2. The number of hydrogen-bond donors (Lipinski definition) is 0. The van der Waals surface area contributed by atoms with Crippen molar-refractivity contribution in [1.29, 1.82) is 0 Å². The van der Waals surface area contributed by atoms with E-state index in [4.69, 9.17) is 11.6 Å². The van der Waals surface area contributed by atoms with Gasteiger partial charge in [-0.15, -0.1) is 0 Å². The van der Waals surface area contributed by atoms with Crippen molar-refractivity contribution in [1.82, 2.24) is 4.98 Å². The van der Waals surface area contributed by atoms with Gasteiger partial charge in [-0.2, -0.15) is 0 Å². The van der Waals surface area contributed by atoms with Gasteiger partial charge in [0, 0.05) is 17.4 Å². The average molecular weight is 404 g/mol. The number of rotatable bonds is 2. The normalized spacial score (nSPS) is 17.0. The Morgan fingerprint density at radius 1 is 0.600 bits per heavy atom. The van der Waals surface area contributed by atoms with E-state index in [1.165, 1.54) is 38.6 Å². The number of hydrogen-bond acceptors (Lipinski definition) is 1. The quantitative estimate of drug-likeness (QED) is 0.296. The number of fused-ring (bicyclic) bond motifs is 4. The van der Waals surface area contributed by atoms with Gasteiger partial charge in [-0.05, 0) is 74.5 Å². The molecule has 30 heavy (non-hydrogen) atoms. The van der Waals surface area contributed by atoms with Gasteiger partial charge in [0.15, 0.2) is 0 Å². The van der Waals surface area contributed by atoms with Gasteiger partial charge in [0.1, 0.15) is 0 Å². The molecule has 1 aliphatic rings. The summed E-state index contributed by atoms with van der Waals surface area (Å²) in [6.07, 6.45) is 3.82. The Morgan fingerprint density at radius 3 is 2.07 bits per heavy atom. The molecule has 0 N–H and O–H groups in total. The van der Waals surface area contributed by atoms with Crippen LogP contribution in [0.1, 0.15) is 22.3 Å². The Bertz CT molecular complexity index is 1350. The molecule has 0 saturated heterocycles. The predicted molar refractivity (Wildman–Crippen MR) is 124 cm³/mol. The molecule has 0 saturated carbocycles. The van der Waals surface area contributed by atoms with Gasteiger partial charge in [0.2, 0.25) is 0 Å². The van der Waals surface area contributed by atoms with E-state index < -0.39 is 5.41 Å².